The number of rotatable bonds is 1. The van der Waals surface area contributed by atoms with Crippen LogP contribution in [-0.2, 0) is 0 Å². The third-order valence-corrected chi connectivity index (χ3v) is 4.85. The molecule has 0 radical (unpaired) electrons. The zero-order valence-corrected chi connectivity index (χ0v) is 11.9. The molecule has 1 aliphatic rings. The summed E-state index contributed by atoms with van der Waals surface area (Å²) in [6, 6.07) is 15.3. The van der Waals surface area contributed by atoms with E-state index in [1.54, 1.807) is 0 Å². The lowest BCUT2D eigenvalue weighted by atomic mass is 9.98. The van der Waals surface area contributed by atoms with Crippen LogP contribution in [0, 0.1) is 0 Å². The van der Waals surface area contributed by atoms with Gasteiger partial charge >= 0.3 is 0 Å². The Morgan fingerprint density at radius 1 is 0.850 bits per heavy atom. The first-order valence-corrected chi connectivity index (χ1v) is 7.69. The van der Waals surface area contributed by atoms with Crippen molar-refractivity contribution in [1.82, 2.24) is 0 Å². The van der Waals surface area contributed by atoms with Crippen molar-refractivity contribution in [2.45, 2.75) is 6.42 Å². The van der Waals surface area contributed by atoms with Crippen LogP contribution in [0.1, 0.15) is 12.0 Å². The van der Waals surface area contributed by atoms with Crippen molar-refractivity contribution in [3.8, 4) is 0 Å². The first kappa shape index (κ1) is 11.7. The standard InChI is InChI=1S/C19H14S/c1-2-4-9-14(8-3-1)15-11-7-13-18-19(15)16-10-5-6-12-17(16)20-18/h1-3,5-13H,4H2. The minimum absolute atomic E-state index is 1.00. The molecule has 1 aliphatic carbocycles. The number of fused-ring (bicyclic) bond motifs is 3. The quantitative estimate of drug-likeness (QED) is 0.514. The first-order chi connectivity index (χ1) is 9.93. The van der Waals surface area contributed by atoms with E-state index in [-0.39, 0.29) is 0 Å². The van der Waals surface area contributed by atoms with Crippen molar-refractivity contribution in [3.05, 3.63) is 78.4 Å². The number of benzene rings is 2. The Kier molecular flexibility index (Phi) is 2.79. The Labute approximate surface area is 122 Å². The summed E-state index contributed by atoms with van der Waals surface area (Å²) in [5.74, 6) is 0. The molecule has 0 saturated carbocycles. The number of hydrogen-bond donors (Lipinski definition) is 0. The van der Waals surface area contributed by atoms with Crippen LogP contribution in [0.4, 0.5) is 0 Å². The normalized spacial score (nSPS) is 14.7. The van der Waals surface area contributed by atoms with E-state index in [0.29, 0.717) is 0 Å². The summed E-state index contributed by atoms with van der Waals surface area (Å²) in [6.07, 6.45) is 12.0. The van der Waals surface area contributed by atoms with Crippen molar-refractivity contribution in [2.75, 3.05) is 0 Å². The molecule has 0 fully saturated rings. The highest BCUT2D eigenvalue weighted by Crippen LogP contribution is 2.38. The van der Waals surface area contributed by atoms with Gasteiger partial charge in [-0.1, -0.05) is 60.7 Å². The van der Waals surface area contributed by atoms with Gasteiger partial charge in [-0.2, -0.15) is 0 Å². The topological polar surface area (TPSA) is 0 Å². The fourth-order valence-corrected chi connectivity index (χ4v) is 3.93. The second-order valence-electron chi connectivity index (χ2n) is 4.96. The Hall–Kier alpha value is -2.12. The van der Waals surface area contributed by atoms with Crippen LogP contribution < -0.4 is 0 Å². The predicted molar refractivity (Wildman–Crippen MR) is 90.2 cm³/mol. The summed E-state index contributed by atoms with van der Waals surface area (Å²) in [6.45, 7) is 0. The molecule has 0 bridgehead atoms. The fourth-order valence-electron chi connectivity index (χ4n) is 2.79. The molecule has 0 unspecified atom stereocenters. The molecule has 20 heavy (non-hydrogen) atoms. The van der Waals surface area contributed by atoms with Crippen molar-refractivity contribution in [2.24, 2.45) is 0 Å². The summed E-state index contributed by atoms with van der Waals surface area (Å²) >= 11 is 1.88. The lowest BCUT2D eigenvalue weighted by molar-refractivity contribution is 1.41. The molecule has 1 heteroatoms. The molecule has 0 amide bonds. The van der Waals surface area contributed by atoms with Crippen molar-refractivity contribution >= 4 is 37.1 Å². The zero-order chi connectivity index (χ0) is 13.4. The maximum atomic E-state index is 2.31. The minimum atomic E-state index is 1.00. The zero-order valence-electron chi connectivity index (χ0n) is 11.0. The lowest BCUT2D eigenvalue weighted by Crippen LogP contribution is -1.82. The van der Waals surface area contributed by atoms with Gasteiger partial charge in [0.15, 0.2) is 0 Å². The van der Waals surface area contributed by atoms with Crippen molar-refractivity contribution in [1.29, 1.82) is 0 Å². The van der Waals surface area contributed by atoms with E-state index < -0.39 is 0 Å². The third kappa shape index (κ3) is 1.83. The van der Waals surface area contributed by atoms with Crippen LogP contribution in [0.25, 0.3) is 25.7 Å². The minimum Gasteiger partial charge on any atom is -0.135 e. The Morgan fingerprint density at radius 3 is 2.75 bits per heavy atom. The monoisotopic (exact) mass is 274 g/mol. The molecule has 2 aromatic carbocycles. The van der Waals surface area contributed by atoms with E-state index in [1.165, 1.54) is 31.3 Å². The summed E-state index contributed by atoms with van der Waals surface area (Å²) in [5, 5.41) is 2.76. The van der Waals surface area contributed by atoms with Gasteiger partial charge in [0.25, 0.3) is 0 Å². The Bertz CT molecular complexity index is 875. The smallest absolute Gasteiger partial charge is 0.0361 e. The largest absolute Gasteiger partial charge is 0.135 e. The highest BCUT2D eigenvalue weighted by molar-refractivity contribution is 7.25. The van der Waals surface area contributed by atoms with Crippen molar-refractivity contribution in [3.63, 3.8) is 0 Å². The maximum Gasteiger partial charge on any atom is 0.0361 e. The number of thiophene rings is 1. The molecule has 0 spiro atoms. The maximum absolute atomic E-state index is 2.31. The van der Waals surface area contributed by atoms with E-state index in [0.717, 1.165) is 6.42 Å². The fraction of sp³-hybridized carbons (Fsp3) is 0.0526. The molecular weight excluding hydrogens is 260 g/mol. The lowest BCUT2D eigenvalue weighted by Gasteiger charge is -2.05. The highest BCUT2D eigenvalue weighted by Gasteiger charge is 2.10. The summed E-state index contributed by atoms with van der Waals surface area (Å²) in [5.41, 5.74) is 2.67. The number of allylic oxidation sites excluding steroid dienone is 6. The molecular formula is C19H14S. The summed E-state index contributed by atoms with van der Waals surface area (Å²) in [7, 11) is 0. The van der Waals surface area contributed by atoms with Crippen LogP contribution in [0.3, 0.4) is 0 Å². The highest BCUT2D eigenvalue weighted by atomic mass is 32.1. The molecule has 96 valence electrons. The van der Waals surface area contributed by atoms with Gasteiger partial charge in [-0.15, -0.1) is 11.3 Å². The van der Waals surface area contributed by atoms with Crippen LogP contribution in [0.15, 0.2) is 72.8 Å². The second kappa shape index (κ2) is 4.77. The van der Waals surface area contributed by atoms with Crippen LogP contribution in [0.2, 0.25) is 0 Å². The van der Waals surface area contributed by atoms with Gasteiger partial charge in [-0.05, 0) is 29.7 Å². The van der Waals surface area contributed by atoms with E-state index >= 15 is 0 Å². The van der Waals surface area contributed by atoms with E-state index in [4.69, 9.17) is 0 Å². The van der Waals surface area contributed by atoms with Gasteiger partial charge < -0.3 is 0 Å². The van der Waals surface area contributed by atoms with E-state index in [9.17, 15) is 0 Å². The average Bonchev–Trinajstić information content (AvgIpc) is 2.68. The summed E-state index contributed by atoms with van der Waals surface area (Å²) < 4.78 is 2.74. The molecule has 3 aromatic rings. The molecule has 4 rings (SSSR count). The average molecular weight is 274 g/mol. The van der Waals surface area contributed by atoms with E-state index in [1.807, 2.05) is 11.3 Å². The van der Waals surface area contributed by atoms with Gasteiger partial charge in [-0.25, -0.2) is 0 Å². The van der Waals surface area contributed by atoms with Gasteiger partial charge in [-0.3, -0.25) is 0 Å². The van der Waals surface area contributed by atoms with Crippen LogP contribution >= 0.6 is 11.3 Å². The van der Waals surface area contributed by atoms with Gasteiger partial charge in [0.2, 0.25) is 0 Å². The Morgan fingerprint density at radius 2 is 1.75 bits per heavy atom. The molecule has 1 heterocycles. The second-order valence-corrected chi connectivity index (χ2v) is 6.04. The summed E-state index contributed by atoms with van der Waals surface area (Å²) in [4.78, 5) is 0. The number of hydrogen-bond acceptors (Lipinski definition) is 1. The molecule has 1 aromatic heterocycles. The first-order valence-electron chi connectivity index (χ1n) is 6.87. The molecule has 0 nitrogen and oxygen atoms in total. The van der Waals surface area contributed by atoms with Crippen LogP contribution in [-0.4, -0.2) is 0 Å². The third-order valence-electron chi connectivity index (χ3n) is 3.71. The van der Waals surface area contributed by atoms with Gasteiger partial charge in [0.1, 0.15) is 0 Å². The van der Waals surface area contributed by atoms with Gasteiger partial charge in [0, 0.05) is 20.2 Å². The van der Waals surface area contributed by atoms with E-state index in [2.05, 4.69) is 72.8 Å². The van der Waals surface area contributed by atoms with Crippen LogP contribution in [0.5, 0.6) is 0 Å². The molecule has 0 aliphatic heterocycles. The molecule has 0 atom stereocenters. The predicted octanol–water partition coefficient (Wildman–Crippen LogP) is 5.95. The SMILES string of the molecule is C1=CCC=C(c2cccc3sc4ccccc4c23)C=C1. The van der Waals surface area contributed by atoms with Crippen molar-refractivity contribution < 1.29 is 0 Å². The van der Waals surface area contributed by atoms with Gasteiger partial charge in [0.05, 0.1) is 0 Å². The molecule has 0 N–H and O–H groups in total. The Balaban J connectivity index is 2.06. The molecule has 0 saturated heterocycles.